The van der Waals surface area contributed by atoms with Crippen molar-refractivity contribution in [1.82, 2.24) is 9.97 Å². The summed E-state index contributed by atoms with van der Waals surface area (Å²) in [5.41, 5.74) is 1.10. The lowest BCUT2D eigenvalue weighted by Crippen LogP contribution is -2.25. The molecule has 80 valence electrons. The van der Waals surface area contributed by atoms with Gasteiger partial charge in [-0.15, -0.1) is 0 Å². The van der Waals surface area contributed by atoms with Crippen LogP contribution in [-0.4, -0.2) is 16.0 Å². The minimum atomic E-state index is 0.482. The van der Waals surface area contributed by atoms with Crippen LogP contribution in [0.2, 0.25) is 0 Å². The first kappa shape index (κ1) is 11.1. The lowest BCUT2D eigenvalue weighted by molar-refractivity contribution is 0.436. The third-order valence-electron chi connectivity index (χ3n) is 2.82. The van der Waals surface area contributed by atoms with E-state index in [0.29, 0.717) is 6.04 Å². The van der Waals surface area contributed by atoms with E-state index in [1.165, 1.54) is 12.8 Å². The van der Waals surface area contributed by atoms with Crippen LogP contribution in [0.1, 0.15) is 39.3 Å². The molecule has 1 aromatic rings. The summed E-state index contributed by atoms with van der Waals surface area (Å²) in [6.07, 6.45) is 4.27. The van der Waals surface area contributed by atoms with E-state index in [4.69, 9.17) is 0 Å². The third kappa shape index (κ3) is 2.76. The molecule has 0 bridgehead atoms. The van der Waals surface area contributed by atoms with Crippen LogP contribution in [0.25, 0.3) is 0 Å². The van der Waals surface area contributed by atoms with Gasteiger partial charge in [0.05, 0.1) is 0 Å². The zero-order chi connectivity index (χ0) is 10.6. The maximum atomic E-state index is 4.24. The van der Waals surface area contributed by atoms with E-state index in [2.05, 4.69) is 36.1 Å². The van der Waals surface area contributed by atoms with Gasteiger partial charge in [-0.05, 0) is 19.8 Å². The second kappa shape index (κ2) is 5.03. The summed E-state index contributed by atoms with van der Waals surface area (Å²) in [6.45, 7) is 8.70. The Balaban J connectivity index is 2.51. The number of anilines is 1. The van der Waals surface area contributed by atoms with Gasteiger partial charge in [0, 0.05) is 17.9 Å². The highest BCUT2D eigenvalue weighted by Gasteiger charge is 2.13. The van der Waals surface area contributed by atoms with Crippen molar-refractivity contribution in [2.24, 2.45) is 5.92 Å². The number of hydrogen-bond donors (Lipinski definition) is 2. The van der Waals surface area contributed by atoms with Crippen LogP contribution in [-0.2, 0) is 0 Å². The molecule has 1 atom stereocenters. The molecule has 0 aliphatic rings. The van der Waals surface area contributed by atoms with Crippen LogP contribution in [0.5, 0.6) is 0 Å². The molecule has 0 fully saturated rings. The number of rotatable bonds is 5. The molecule has 1 aromatic heterocycles. The molecule has 3 nitrogen and oxygen atoms in total. The number of imidazole rings is 1. The monoisotopic (exact) mass is 195 g/mol. The zero-order valence-corrected chi connectivity index (χ0v) is 9.59. The van der Waals surface area contributed by atoms with Crippen molar-refractivity contribution in [3.05, 3.63) is 11.9 Å². The Labute approximate surface area is 86.3 Å². The molecule has 0 radical (unpaired) electrons. The average molecular weight is 195 g/mol. The topological polar surface area (TPSA) is 40.7 Å². The van der Waals surface area contributed by atoms with E-state index in [1.54, 1.807) is 0 Å². The molecular weight excluding hydrogens is 174 g/mol. The van der Waals surface area contributed by atoms with Crippen LogP contribution in [0, 0.1) is 12.8 Å². The van der Waals surface area contributed by atoms with Crippen molar-refractivity contribution in [3.8, 4) is 0 Å². The van der Waals surface area contributed by atoms with Gasteiger partial charge < -0.3 is 10.3 Å². The molecule has 0 aliphatic carbocycles. The molecule has 14 heavy (non-hydrogen) atoms. The quantitative estimate of drug-likeness (QED) is 0.758. The first-order valence-corrected chi connectivity index (χ1v) is 5.45. The highest BCUT2D eigenvalue weighted by atomic mass is 15.1. The molecule has 1 rings (SSSR count). The number of aromatic nitrogens is 2. The molecule has 2 N–H and O–H groups in total. The second-order valence-corrected chi connectivity index (χ2v) is 3.92. The smallest absolute Gasteiger partial charge is 0.200 e. The highest BCUT2D eigenvalue weighted by Crippen LogP contribution is 2.16. The molecular formula is C11H21N3. The summed E-state index contributed by atoms with van der Waals surface area (Å²) in [7, 11) is 0. The summed E-state index contributed by atoms with van der Waals surface area (Å²) in [4.78, 5) is 7.43. The van der Waals surface area contributed by atoms with Crippen LogP contribution in [0.3, 0.4) is 0 Å². The van der Waals surface area contributed by atoms with E-state index >= 15 is 0 Å². The summed E-state index contributed by atoms with van der Waals surface area (Å²) >= 11 is 0. The van der Waals surface area contributed by atoms with Gasteiger partial charge in [-0.1, -0.05) is 26.7 Å². The van der Waals surface area contributed by atoms with E-state index in [1.807, 2.05) is 13.1 Å². The molecule has 1 unspecified atom stereocenters. The van der Waals surface area contributed by atoms with E-state index in [9.17, 15) is 0 Å². The van der Waals surface area contributed by atoms with Crippen LogP contribution < -0.4 is 5.32 Å². The molecule has 1 heterocycles. The van der Waals surface area contributed by atoms with Gasteiger partial charge in [0.2, 0.25) is 5.95 Å². The van der Waals surface area contributed by atoms with Gasteiger partial charge in [0.15, 0.2) is 0 Å². The number of H-pyrrole nitrogens is 1. The van der Waals surface area contributed by atoms with Crippen LogP contribution in [0.15, 0.2) is 6.20 Å². The number of nitrogens with one attached hydrogen (secondary N) is 2. The van der Waals surface area contributed by atoms with Crippen molar-refractivity contribution in [2.45, 2.75) is 46.6 Å². The Hall–Kier alpha value is -0.990. The second-order valence-electron chi connectivity index (χ2n) is 3.92. The number of aryl methyl sites for hydroxylation is 1. The van der Waals surface area contributed by atoms with Crippen LogP contribution >= 0.6 is 0 Å². The standard InChI is InChI=1S/C11H21N3/c1-5-10(6-2)9(4)14-11-12-7-8(3)13-11/h7,9-10H,5-6H2,1-4H3,(H2,12,13,14). The number of aromatic amines is 1. The Morgan fingerprint density at radius 1 is 1.43 bits per heavy atom. The lowest BCUT2D eigenvalue weighted by atomic mass is 9.96. The van der Waals surface area contributed by atoms with Crippen LogP contribution in [0.4, 0.5) is 5.95 Å². The summed E-state index contributed by atoms with van der Waals surface area (Å²) in [6, 6.07) is 0.482. The van der Waals surface area contributed by atoms with Gasteiger partial charge in [-0.3, -0.25) is 0 Å². The van der Waals surface area contributed by atoms with Crippen molar-refractivity contribution in [1.29, 1.82) is 0 Å². The van der Waals surface area contributed by atoms with E-state index in [0.717, 1.165) is 17.6 Å². The molecule has 0 aliphatic heterocycles. The Bertz CT molecular complexity index is 263. The van der Waals surface area contributed by atoms with Crippen molar-refractivity contribution >= 4 is 5.95 Å². The fraction of sp³-hybridized carbons (Fsp3) is 0.727. The van der Waals surface area contributed by atoms with E-state index in [-0.39, 0.29) is 0 Å². The molecule has 0 aromatic carbocycles. The number of nitrogens with zero attached hydrogens (tertiary/aromatic N) is 1. The fourth-order valence-electron chi connectivity index (χ4n) is 1.82. The largest absolute Gasteiger partial charge is 0.353 e. The van der Waals surface area contributed by atoms with Gasteiger partial charge in [-0.2, -0.15) is 0 Å². The Morgan fingerprint density at radius 2 is 2.07 bits per heavy atom. The lowest BCUT2D eigenvalue weighted by Gasteiger charge is -2.21. The maximum absolute atomic E-state index is 4.24. The van der Waals surface area contributed by atoms with Gasteiger partial charge in [-0.25, -0.2) is 4.98 Å². The predicted octanol–water partition coefficient (Wildman–Crippen LogP) is 2.95. The normalized spacial score (nSPS) is 13.2. The first-order chi connectivity index (χ1) is 6.67. The van der Waals surface area contributed by atoms with Crippen molar-refractivity contribution < 1.29 is 0 Å². The Morgan fingerprint density at radius 3 is 2.50 bits per heavy atom. The molecule has 0 spiro atoms. The number of hydrogen-bond acceptors (Lipinski definition) is 2. The zero-order valence-electron chi connectivity index (χ0n) is 9.59. The van der Waals surface area contributed by atoms with Gasteiger partial charge in [0.25, 0.3) is 0 Å². The molecule has 0 saturated carbocycles. The van der Waals surface area contributed by atoms with E-state index < -0.39 is 0 Å². The van der Waals surface area contributed by atoms with Crippen molar-refractivity contribution in [2.75, 3.05) is 5.32 Å². The van der Waals surface area contributed by atoms with Gasteiger partial charge >= 0.3 is 0 Å². The average Bonchev–Trinajstić information content (AvgIpc) is 2.53. The highest BCUT2D eigenvalue weighted by molar-refractivity contribution is 5.27. The summed E-state index contributed by atoms with van der Waals surface area (Å²) < 4.78 is 0. The molecule has 0 amide bonds. The predicted molar refractivity (Wildman–Crippen MR) is 60.5 cm³/mol. The molecule has 0 saturated heterocycles. The Kier molecular flexibility index (Phi) is 3.98. The van der Waals surface area contributed by atoms with Gasteiger partial charge in [0.1, 0.15) is 0 Å². The fourth-order valence-corrected chi connectivity index (χ4v) is 1.82. The van der Waals surface area contributed by atoms with Crippen molar-refractivity contribution in [3.63, 3.8) is 0 Å². The maximum Gasteiger partial charge on any atom is 0.200 e. The minimum absolute atomic E-state index is 0.482. The minimum Gasteiger partial charge on any atom is -0.353 e. The first-order valence-electron chi connectivity index (χ1n) is 5.45. The SMILES string of the molecule is CCC(CC)C(C)Nc1ncc(C)[nH]1. The molecule has 3 heteroatoms. The third-order valence-corrected chi connectivity index (χ3v) is 2.82. The summed E-state index contributed by atoms with van der Waals surface area (Å²) in [5.74, 6) is 1.61. The summed E-state index contributed by atoms with van der Waals surface area (Å²) in [5, 5.41) is 3.40.